The second-order valence-electron chi connectivity index (χ2n) is 3.30. The third-order valence-electron chi connectivity index (χ3n) is 1.70. The van der Waals surface area contributed by atoms with E-state index >= 15 is 0 Å². The summed E-state index contributed by atoms with van der Waals surface area (Å²) >= 11 is 5.73. The van der Waals surface area contributed by atoms with Crippen molar-refractivity contribution in [2.75, 3.05) is 26.0 Å². The minimum Gasteiger partial charge on any atom is -0.309 e. The third-order valence-corrected chi connectivity index (χ3v) is 1.97. The van der Waals surface area contributed by atoms with Gasteiger partial charge in [-0.25, -0.2) is 9.97 Å². The zero-order chi connectivity index (χ0) is 11.3. The maximum absolute atomic E-state index is 11.4. The summed E-state index contributed by atoms with van der Waals surface area (Å²) < 4.78 is 0. The number of carbonyl (C=O) groups is 1. The average Bonchev–Trinajstić information content (AvgIpc) is 2.18. The predicted octanol–water partition coefficient (Wildman–Crippen LogP) is 1.02. The van der Waals surface area contributed by atoms with Crippen molar-refractivity contribution in [1.29, 1.82) is 0 Å². The molecule has 0 bridgehead atoms. The summed E-state index contributed by atoms with van der Waals surface area (Å²) in [4.78, 5) is 21.0. The van der Waals surface area contributed by atoms with Crippen molar-refractivity contribution < 1.29 is 4.79 Å². The first-order valence-electron chi connectivity index (χ1n) is 4.50. The average molecular weight is 229 g/mol. The molecule has 1 aromatic rings. The molecule has 1 amide bonds. The molecule has 1 rings (SSSR count). The van der Waals surface area contributed by atoms with Gasteiger partial charge < -0.3 is 10.2 Å². The second-order valence-corrected chi connectivity index (χ2v) is 3.66. The van der Waals surface area contributed by atoms with Gasteiger partial charge in [-0.15, -0.1) is 0 Å². The molecule has 0 unspecified atom stereocenters. The number of halogens is 1. The van der Waals surface area contributed by atoms with Crippen LogP contribution in [0.4, 0.5) is 5.82 Å². The van der Waals surface area contributed by atoms with Crippen molar-refractivity contribution in [1.82, 2.24) is 14.9 Å². The lowest BCUT2D eigenvalue weighted by Crippen LogP contribution is -2.21. The highest BCUT2D eigenvalue weighted by atomic mass is 35.5. The monoisotopic (exact) mass is 228 g/mol. The minimum absolute atomic E-state index is 0.119. The Labute approximate surface area is 93.5 Å². The van der Waals surface area contributed by atoms with Crippen LogP contribution in [0.25, 0.3) is 0 Å². The van der Waals surface area contributed by atoms with Crippen LogP contribution in [0.15, 0.2) is 12.4 Å². The van der Waals surface area contributed by atoms with E-state index in [0.29, 0.717) is 18.8 Å². The van der Waals surface area contributed by atoms with Crippen molar-refractivity contribution in [2.24, 2.45) is 0 Å². The van der Waals surface area contributed by atoms with Gasteiger partial charge in [-0.2, -0.15) is 0 Å². The van der Waals surface area contributed by atoms with E-state index in [1.165, 1.54) is 12.4 Å². The van der Waals surface area contributed by atoms with E-state index < -0.39 is 0 Å². The van der Waals surface area contributed by atoms with Gasteiger partial charge >= 0.3 is 0 Å². The minimum atomic E-state index is -0.119. The molecule has 1 N–H and O–H groups in total. The van der Waals surface area contributed by atoms with Crippen LogP contribution < -0.4 is 5.32 Å². The number of hydrogen-bond donors (Lipinski definition) is 1. The molecule has 0 fully saturated rings. The number of amides is 1. The molecule has 82 valence electrons. The molecule has 15 heavy (non-hydrogen) atoms. The molecule has 0 aliphatic heterocycles. The van der Waals surface area contributed by atoms with E-state index in [4.69, 9.17) is 11.6 Å². The van der Waals surface area contributed by atoms with Crippen LogP contribution in [0, 0.1) is 0 Å². The number of aromatic nitrogens is 2. The SMILES string of the molecule is CN(C)CCC(=O)Nc1nccnc1Cl. The first kappa shape index (κ1) is 11.9. The Kier molecular flexibility index (Phi) is 4.45. The first-order valence-corrected chi connectivity index (χ1v) is 4.88. The normalized spacial score (nSPS) is 10.4. The molecule has 0 radical (unpaired) electrons. The quantitative estimate of drug-likeness (QED) is 0.836. The zero-order valence-electron chi connectivity index (χ0n) is 8.70. The van der Waals surface area contributed by atoms with Gasteiger partial charge in [0, 0.05) is 25.4 Å². The van der Waals surface area contributed by atoms with E-state index in [9.17, 15) is 4.79 Å². The van der Waals surface area contributed by atoms with Crippen molar-refractivity contribution in [3.05, 3.63) is 17.5 Å². The molecule has 0 aromatic carbocycles. The zero-order valence-corrected chi connectivity index (χ0v) is 9.45. The smallest absolute Gasteiger partial charge is 0.226 e. The van der Waals surface area contributed by atoms with E-state index in [2.05, 4.69) is 15.3 Å². The van der Waals surface area contributed by atoms with E-state index in [1.54, 1.807) is 0 Å². The van der Waals surface area contributed by atoms with Crippen molar-refractivity contribution in [2.45, 2.75) is 6.42 Å². The van der Waals surface area contributed by atoms with Gasteiger partial charge in [0.15, 0.2) is 11.0 Å². The summed E-state index contributed by atoms with van der Waals surface area (Å²) in [5, 5.41) is 2.80. The van der Waals surface area contributed by atoms with E-state index in [1.807, 2.05) is 19.0 Å². The largest absolute Gasteiger partial charge is 0.309 e. The Hall–Kier alpha value is -1.20. The Bertz CT molecular complexity index is 343. The number of carbonyl (C=O) groups excluding carboxylic acids is 1. The van der Waals surface area contributed by atoms with Crippen LogP contribution in [0.3, 0.4) is 0 Å². The highest BCUT2D eigenvalue weighted by molar-refractivity contribution is 6.32. The van der Waals surface area contributed by atoms with E-state index in [0.717, 1.165) is 0 Å². The Morgan fingerprint density at radius 1 is 1.47 bits per heavy atom. The molecule has 0 saturated carbocycles. The lowest BCUT2D eigenvalue weighted by molar-refractivity contribution is -0.116. The highest BCUT2D eigenvalue weighted by Gasteiger charge is 2.07. The van der Waals surface area contributed by atoms with Crippen LogP contribution in [-0.2, 0) is 4.79 Å². The van der Waals surface area contributed by atoms with Gasteiger partial charge in [0.1, 0.15) is 0 Å². The van der Waals surface area contributed by atoms with Crippen molar-refractivity contribution >= 4 is 23.3 Å². The van der Waals surface area contributed by atoms with Gasteiger partial charge in [0.2, 0.25) is 5.91 Å². The molecular formula is C9H13ClN4O. The van der Waals surface area contributed by atoms with E-state index in [-0.39, 0.29) is 11.1 Å². The Morgan fingerprint density at radius 3 is 2.73 bits per heavy atom. The topological polar surface area (TPSA) is 58.1 Å². The number of hydrogen-bond acceptors (Lipinski definition) is 4. The van der Waals surface area contributed by atoms with Crippen LogP contribution >= 0.6 is 11.6 Å². The molecule has 5 nitrogen and oxygen atoms in total. The maximum Gasteiger partial charge on any atom is 0.226 e. The van der Waals surface area contributed by atoms with Crippen LogP contribution in [0.5, 0.6) is 0 Å². The summed E-state index contributed by atoms with van der Waals surface area (Å²) in [7, 11) is 3.81. The summed E-state index contributed by atoms with van der Waals surface area (Å²) in [6.07, 6.45) is 3.35. The fourth-order valence-electron chi connectivity index (χ4n) is 0.925. The second kappa shape index (κ2) is 5.63. The number of anilines is 1. The molecule has 6 heteroatoms. The lowest BCUT2D eigenvalue weighted by atomic mass is 10.4. The first-order chi connectivity index (χ1) is 7.09. The molecule has 0 aliphatic rings. The molecule has 0 aliphatic carbocycles. The lowest BCUT2D eigenvalue weighted by Gasteiger charge is -2.09. The van der Waals surface area contributed by atoms with Crippen LogP contribution in [-0.4, -0.2) is 41.4 Å². The van der Waals surface area contributed by atoms with Crippen LogP contribution in [0.2, 0.25) is 5.15 Å². The van der Waals surface area contributed by atoms with Crippen LogP contribution in [0.1, 0.15) is 6.42 Å². The number of rotatable bonds is 4. The number of nitrogens with zero attached hydrogens (tertiary/aromatic N) is 3. The van der Waals surface area contributed by atoms with Crippen molar-refractivity contribution in [3.8, 4) is 0 Å². The molecule has 1 aromatic heterocycles. The van der Waals surface area contributed by atoms with Gasteiger partial charge in [-0.05, 0) is 14.1 Å². The maximum atomic E-state index is 11.4. The summed E-state index contributed by atoms with van der Waals surface area (Å²) in [6, 6.07) is 0. The van der Waals surface area contributed by atoms with Gasteiger partial charge in [0.25, 0.3) is 0 Å². The molecular weight excluding hydrogens is 216 g/mol. The summed E-state index contributed by atoms with van der Waals surface area (Å²) in [5.74, 6) is 0.189. The Balaban J connectivity index is 2.48. The van der Waals surface area contributed by atoms with Gasteiger partial charge in [-0.1, -0.05) is 11.6 Å². The molecule has 1 heterocycles. The highest BCUT2D eigenvalue weighted by Crippen LogP contribution is 2.13. The standard InChI is InChI=1S/C9H13ClN4O/c1-14(2)6-3-7(15)13-9-8(10)11-4-5-12-9/h4-5H,3,6H2,1-2H3,(H,12,13,15). The fourth-order valence-corrected chi connectivity index (χ4v) is 1.08. The Morgan fingerprint density at radius 2 is 2.13 bits per heavy atom. The van der Waals surface area contributed by atoms with Gasteiger partial charge in [0.05, 0.1) is 0 Å². The molecule has 0 spiro atoms. The fraction of sp³-hybridized carbons (Fsp3) is 0.444. The van der Waals surface area contributed by atoms with Gasteiger partial charge in [-0.3, -0.25) is 4.79 Å². The summed E-state index contributed by atoms with van der Waals surface area (Å²) in [6.45, 7) is 0.684. The summed E-state index contributed by atoms with van der Waals surface area (Å²) in [5.41, 5.74) is 0. The predicted molar refractivity (Wildman–Crippen MR) is 58.8 cm³/mol. The third kappa shape index (κ3) is 4.22. The molecule has 0 saturated heterocycles. The number of nitrogens with one attached hydrogen (secondary N) is 1. The molecule has 0 atom stereocenters. The van der Waals surface area contributed by atoms with Crippen molar-refractivity contribution in [3.63, 3.8) is 0 Å².